The molecule has 0 unspecified atom stereocenters. The van der Waals surface area contributed by atoms with Gasteiger partial charge in [-0.05, 0) is 15.9 Å². The molecule has 0 aliphatic rings. The van der Waals surface area contributed by atoms with Gasteiger partial charge < -0.3 is 5.32 Å². The van der Waals surface area contributed by atoms with E-state index >= 15 is 0 Å². The first-order chi connectivity index (χ1) is 8.63. The fourth-order valence-corrected chi connectivity index (χ4v) is 1.88. The second-order valence-electron chi connectivity index (χ2n) is 3.63. The van der Waals surface area contributed by atoms with Gasteiger partial charge in [0.25, 0.3) is 0 Å². The van der Waals surface area contributed by atoms with Crippen molar-refractivity contribution in [1.82, 2.24) is 24.9 Å². The van der Waals surface area contributed by atoms with Crippen molar-refractivity contribution in [2.45, 2.75) is 13.1 Å². The lowest BCUT2D eigenvalue weighted by Crippen LogP contribution is -2.30. The fraction of sp³-hybridized carbons (Fsp3) is 0.300. The quantitative estimate of drug-likeness (QED) is 0.898. The second-order valence-corrected chi connectivity index (χ2v) is 4.98. The highest BCUT2D eigenvalue weighted by atomic mass is 79.9. The van der Waals surface area contributed by atoms with Gasteiger partial charge in [0.2, 0.25) is 5.91 Å². The Morgan fingerprint density at radius 3 is 2.72 bits per heavy atom. The van der Waals surface area contributed by atoms with Gasteiger partial charge in [0.1, 0.15) is 6.54 Å². The lowest BCUT2D eigenvalue weighted by Gasteiger charge is -2.05. The van der Waals surface area contributed by atoms with Crippen LogP contribution in [0.3, 0.4) is 0 Å². The third kappa shape index (κ3) is 3.85. The molecule has 0 aliphatic carbocycles. The van der Waals surface area contributed by atoms with Crippen molar-refractivity contribution in [3.8, 4) is 0 Å². The highest BCUT2D eigenvalue weighted by Crippen LogP contribution is 2.05. The summed E-state index contributed by atoms with van der Waals surface area (Å²) in [5.41, 5.74) is 0. The minimum atomic E-state index is -0.110. The van der Waals surface area contributed by atoms with E-state index < -0.39 is 0 Å². The number of aromatic nitrogens is 4. The van der Waals surface area contributed by atoms with Gasteiger partial charge in [-0.15, -0.1) is 0 Å². The smallest absolute Gasteiger partial charge is 0.241 e. The van der Waals surface area contributed by atoms with Gasteiger partial charge in [-0.3, -0.25) is 14.2 Å². The number of halogens is 2. The van der Waals surface area contributed by atoms with Crippen LogP contribution < -0.4 is 5.32 Å². The van der Waals surface area contributed by atoms with Gasteiger partial charge in [-0.25, -0.2) is 0 Å². The second kappa shape index (κ2) is 6.01. The molecule has 0 bridgehead atoms. The molecule has 8 heteroatoms. The van der Waals surface area contributed by atoms with E-state index in [1.807, 2.05) is 6.20 Å². The van der Waals surface area contributed by atoms with Crippen LogP contribution in [0, 0.1) is 0 Å². The zero-order valence-electron chi connectivity index (χ0n) is 9.38. The van der Waals surface area contributed by atoms with Gasteiger partial charge >= 0.3 is 0 Å². The summed E-state index contributed by atoms with van der Waals surface area (Å²) in [6, 6.07) is 0. The van der Waals surface area contributed by atoms with E-state index in [2.05, 4.69) is 31.4 Å². The van der Waals surface area contributed by atoms with E-state index in [4.69, 9.17) is 11.6 Å². The Hall–Kier alpha value is -1.34. The van der Waals surface area contributed by atoms with E-state index in [0.29, 0.717) is 18.1 Å². The standard InChI is InChI=1S/C10H11BrClN5O/c11-8-3-14-16(5-8)2-1-13-10(18)7-17-6-9(12)4-15-17/h3-6H,1-2,7H2,(H,13,18). The fourth-order valence-electron chi connectivity index (χ4n) is 1.40. The van der Waals surface area contributed by atoms with Crippen LogP contribution in [0.25, 0.3) is 0 Å². The Morgan fingerprint density at radius 2 is 2.11 bits per heavy atom. The maximum atomic E-state index is 11.6. The van der Waals surface area contributed by atoms with E-state index in [0.717, 1.165) is 4.47 Å². The van der Waals surface area contributed by atoms with E-state index in [1.54, 1.807) is 17.1 Å². The van der Waals surface area contributed by atoms with Gasteiger partial charge in [-0.1, -0.05) is 11.6 Å². The van der Waals surface area contributed by atoms with Crippen molar-refractivity contribution in [3.63, 3.8) is 0 Å². The monoisotopic (exact) mass is 331 g/mol. The molecule has 0 atom stereocenters. The van der Waals surface area contributed by atoms with Crippen LogP contribution in [0.2, 0.25) is 5.02 Å². The molecule has 96 valence electrons. The summed E-state index contributed by atoms with van der Waals surface area (Å²) in [6.45, 7) is 1.30. The normalized spacial score (nSPS) is 10.6. The molecule has 0 aliphatic heterocycles. The molecule has 2 aromatic rings. The maximum absolute atomic E-state index is 11.6. The molecular weight excluding hydrogens is 322 g/mol. The molecule has 1 amide bonds. The third-order valence-electron chi connectivity index (χ3n) is 2.17. The first-order valence-corrected chi connectivity index (χ1v) is 6.43. The highest BCUT2D eigenvalue weighted by Gasteiger charge is 2.03. The number of hydrogen-bond acceptors (Lipinski definition) is 3. The number of amides is 1. The van der Waals surface area contributed by atoms with Gasteiger partial charge in [0.15, 0.2) is 0 Å². The minimum absolute atomic E-state index is 0.110. The molecule has 0 radical (unpaired) electrons. The van der Waals surface area contributed by atoms with E-state index in [1.165, 1.54) is 10.9 Å². The molecule has 6 nitrogen and oxygen atoms in total. The molecule has 2 heterocycles. The van der Waals surface area contributed by atoms with Crippen LogP contribution in [-0.4, -0.2) is 32.0 Å². The molecule has 18 heavy (non-hydrogen) atoms. The molecule has 0 spiro atoms. The molecule has 2 aromatic heterocycles. The van der Waals surface area contributed by atoms with Crippen LogP contribution in [0.1, 0.15) is 0 Å². The molecule has 2 rings (SSSR count). The summed E-state index contributed by atoms with van der Waals surface area (Å²) in [6.07, 6.45) is 6.65. The zero-order chi connectivity index (χ0) is 13.0. The average Bonchev–Trinajstić information content (AvgIpc) is 2.88. The van der Waals surface area contributed by atoms with Crippen LogP contribution in [-0.2, 0) is 17.9 Å². The van der Waals surface area contributed by atoms with Crippen molar-refractivity contribution >= 4 is 33.4 Å². The first kappa shape index (κ1) is 13.1. The van der Waals surface area contributed by atoms with Gasteiger partial charge in [-0.2, -0.15) is 10.2 Å². The number of nitrogens with zero attached hydrogens (tertiary/aromatic N) is 4. The number of rotatable bonds is 5. The molecule has 0 fully saturated rings. The average molecular weight is 333 g/mol. The molecule has 0 aromatic carbocycles. The molecule has 0 saturated carbocycles. The van der Waals surface area contributed by atoms with Crippen molar-refractivity contribution in [1.29, 1.82) is 0 Å². The van der Waals surface area contributed by atoms with Crippen LogP contribution >= 0.6 is 27.5 Å². The lowest BCUT2D eigenvalue weighted by atomic mass is 10.5. The number of carbonyl (C=O) groups excluding carboxylic acids is 1. The Bertz CT molecular complexity index is 538. The summed E-state index contributed by atoms with van der Waals surface area (Å²) < 4.78 is 4.15. The summed E-state index contributed by atoms with van der Waals surface area (Å²) in [7, 11) is 0. The van der Waals surface area contributed by atoms with Crippen LogP contribution in [0.4, 0.5) is 0 Å². The van der Waals surface area contributed by atoms with E-state index in [-0.39, 0.29) is 12.5 Å². The largest absolute Gasteiger partial charge is 0.353 e. The zero-order valence-corrected chi connectivity index (χ0v) is 11.7. The van der Waals surface area contributed by atoms with Crippen molar-refractivity contribution in [2.75, 3.05) is 6.54 Å². The van der Waals surface area contributed by atoms with Crippen molar-refractivity contribution < 1.29 is 4.79 Å². The SMILES string of the molecule is O=C(Cn1cc(Cl)cn1)NCCn1cc(Br)cn1. The molecular formula is C10H11BrClN5O. The van der Waals surface area contributed by atoms with E-state index in [9.17, 15) is 4.79 Å². The molecule has 1 N–H and O–H groups in total. The minimum Gasteiger partial charge on any atom is -0.353 e. The predicted octanol–water partition coefficient (Wildman–Crippen LogP) is 1.31. The predicted molar refractivity (Wildman–Crippen MR) is 70.2 cm³/mol. The van der Waals surface area contributed by atoms with Gasteiger partial charge in [0, 0.05) is 18.9 Å². The number of carbonyl (C=O) groups is 1. The first-order valence-electron chi connectivity index (χ1n) is 5.26. The summed E-state index contributed by atoms with van der Waals surface area (Å²) in [4.78, 5) is 11.6. The maximum Gasteiger partial charge on any atom is 0.241 e. The van der Waals surface area contributed by atoms with Gasteiger partial charge in [0.05, 0.1) is 28.4 Å². The Balaban J connectivity index is 1.72. The molecule has 0 saturated heterocycles. The summed E-state index contributed by atoms with van der Waals surface area (Å²) in [5.74, 6) is -0.110. The Labute approximate surface area is 117 Å². The third-order valence-corrected chi connectivity index (χ3v) is 2.78. The number of hydrogen-bond donors (Lipinski definition) is 1. The lowest BCUT2D eigenvalue weighted by molar-refractivity contribution is -0.121. The Kier molecular flexibility index (Phi) is 4.38. The summed E-state index contributed by atoms with van der Waals surface area (Å²) >= 11 is 9.00. The van der Waals surface area contributed by atoms with Crippen LogP contribution in [0.5, 0.6) is 0 Å². The van der Waals surface area contributed by atoms with Crippen LogP contribution in [0.15, 0.2) is 29.3 Å². The van der Waals surface area contributed by atoms with Crippen molar-refractivity contribution in [3.05, 3.63) is 34.3 Å². The Morgan fingerprint density at radius 1 is 1.33 bits per heavy atom. The summed E-state index contributed by atoms with van der Waals surface area (Å²) in [5, 5.41) is 11.3. The number of nitrogens with one attached hydrogen (secondary N) is 1. The van der Waals surface area contributed by atoms with Crippen molar-refractivity contribution in [2.24, 2.45) is 0 Å². The highest BCUT2D eigenvalue weighted by molar-refractivity contribution is 9.10. The topological polar surface area (TPSA) is 64.7 Å².